The molecular formula is C22H23ClN4OS. The molecule has 1 saturated heterocycles. The Morgan fingerprint density at radius 3 is 2.48 bits per heavy atom. The van der Waals surface area contributed by atoms with Crippen LogP contribution in [0.15, 0.2) is 53.7 Å². The maximum absolute atomic E-state index is 12.5. The van der Waals surface area contributed by atoms with Gasteiger partial charge in [-0.25, -0.2) is 0 Å². The van der Waals surface area contributed by atoms with Gasteiger partial charge < -0.3 is 9.47 Å². The third-order valence-corrected chi connectivity index (χ3v) is 6.48. The van der Waals surface area contributed by atoms with E-state index in [0.717, 1.165) is 65.9 Å². The van der Waals surface area contributed by atoms with Crippen molar-refractivity contribution < 1.29 is 4.79 Å². The Bertz CT molecular complexity index is 996. The Kier molecular flexibility index (Phi) is 6.21. The predicted molar refractivity (Wildman–Crippen MR) is 117 cm³/mol. The second-order valence-corrected chi connectivity index (χ2v) is 8.36. The number of aromatic nitrogens is 3. The number of likely N-dealkylation sites (tertiary alicyclic amines) is 1. The van der Waals surface area contributed by atoms with Gasteiger partial charge in [-0.2, -0.15) is 0 Å². The zero-order chi connectivity index (χ0) is 20.2. The van der Waals surface area contributed by atoms with E-state index in [2.05, 4.69) is 21.7 Å². The summed E-state index contributed by atoms with van der Waals surface area (Å²) in [4.78, 5) is 14.4. The predicted octanol–water partition coefficient (Wildman–Crippen LogP) is 5.15. The molecule has 3 aromatic rings. The van der Waals surface area contributed by atoms with Crippen LogP contribution in [-0.2, 0) is 12.3 Å². The fourth-order valence-electron chi connectivity index (χ4n) is 3.52. The summed E-state index contributed by atoms with van der Waals surface area (Å²) in [5.41, 5.74) is 2.80. The molecule has 1 fully saturated rings. The lowest BCUT2D eigenvalue weighted by Gasteiger charge is -2.15. The van der Waals surface area contributed by atoms with Crippen LogP contribution < -0.4 is 0 Å². The van der Waals surface area contributed by atoms with Gasteiger partial charge in [-0.15, -0.1) is 10.2 Å². The average molecular weight is 427 g/mol. The van der Waals surface area contributed by atoms with Gasteiger partial charge in [0.15, 0.2) is 11.0 Å². The minimum absolute atomic E-state index is 0.136. The van der Waals surface area contributed by atoms with Crippen LogP contribution in [0.2, 0.25) is 5.02 Å². The number of halogens is 1. The minimum Gasteiger partial charge on any atom is -0.339 e. The van der Waals surface area contributed by atoms with Crippen molar-refractivity contribution in [3.63, 3.8) is 0 Å². The van der Waals surface area contributed by atoms with Crippen molar-refractivity contribution in [1.29, 1.82) is 0 Å². The molecule has 0 saturated carbocycles. The average Bonchev–Trinajstić information content (AvgIpc) is 3.42. The van der Waals surface area contributed by atoms with E-state index in [9.17, 15) is 4.79 Å². The van der Waals surface area contributed by atoms with E-state index in [1.165, 1.54) is 0 Å². The molecule has 2 aromatic carbocycles. The number of thioether (sulfide) groups is 1. The summed E-state index contributed by atoms with van der Waals surface area (Å²) in [6, 6.07) is 15.6. The Labute approximate surface area is 180 Å². The number of carbonyl (C=O) groups excluding carboxylic acids is 1. The first kappa shape index (κ1) is 20.0. The quantitative estimate of drug-likeness (QED) is 0.511. The first-order valence-corrected chi connectivity index (χ1v) is 11.2. The molecule has 0 N–H and O–H groups in total. The van der Waals surface area contributed by atoms with Gasteiger partial charge in [0.1, 0.15) is 0 Å². The molecule has 1 aliphatic rings. The SMILES string of the molecule is CCn1c(SCc2ccc(C(=O)N3CCCC3)cc2)nnc1-c1ccccc1Cl. The summed E-state index contributed by atoms with van der Waals surface area (Å²) in [6.07, 6.45) is 2.21. The van der Waals surface area contributed by atoms with Crippen LogP contribution in [0.5, 0.6) is 0 Å². The third kappa shape index (κ3) is 4.33. The highest BCUT2D eigenvalue weighted by Crippen LogP contribution is 2.30. The van der Waals surface area contributed by atoms with E-state index in [1.807, 2.05) is 53.4 Å². The molecule has 1 amide bonds. The van der Waals surface area contributed by atoms with Crippen LogP contribution in [-0.4, -0.2) is 38.7 Å². The van der Waals surface area contributed by atoms with E-state index in [1.54, 1.807) is 11.8 Å². The van der Waals surface area contributed by atoms with Gasteiger partial charge in [0.25, 0.3) is 5.91 Å². The lowest BCUT2D eigenvalue weighted by molar-refractivity contribution is 0.0793. The molecule has 0 bridgehead atoms. The summed E-state index contributed by atoms with van der Waals surface area (Å²) in [5.74, 6) is 1.68. The molecule has 4 rings (SSSR count). The van der Waals surface area contributed by atoms with Crippen molar-refractivity contribution in [3.05, 3.63) is 64.7 Å². The monoisotopic (exact) mass is 426 g/mol. The Hall–Kier alpha value is -2.31. The minimum atomic E-state index is 0.136. The third-order valence-electron chi connectivity index (χ3n) is 5.11. The number of hydrogen-bond acceptors (Lipinski definition) is 4. The molecule has 7 heteroatoms. The molecule has 0 aliphatic carbocycles. The van der Waals surface area contributed by atoms with Crippen molar-refractivity contribution in [3.8, 4) is 11.4 Å². The molecule has 0 atom stereocenters. The lowest BCUT2D eigenvalue weighted by atomic mass is 10.1. The highest BCUT2D eigenvalue weighted by atomic mass is 35.5. The van der Waals surface area contributed by atoms with E-state index in [4.69, 9.17) is 11.6 Å². The summed E-state index contributed by atoms with van der Waals surface area (Å²) >= 11 is 7.98. The lowest BCUT2D eigenvalue weighted by Crippen LogP contribution is -2.27. The molecular weight excluding hydrogens is 404 g/mol. The molecule has 1 aromatic heterocycles. The number of nitrogens with zero attached hydrogens (tertiary/aromatic N) is 4. The van der Waals surface area contributed by atoms with E-state index in [-0.39, 0.29) is 5.91 Å². The van der Waals surface area contributed by atoms with Crippen LogP contribution >= 0.6 is 23.4 Å². The molecule has 150 valence electrons. The largest absolute Gasteiger partial charge is 0.339 e. The standard InChI is InChI=1S/C22H23ClN4OS/c1-2-27-20(18-7-3-4-8-19(18)23)24-25-22(27)29-15-16-9-11-17(12-10-16)21(28)26-13-5-6-14-26/h3-4,7-12H,2,5-6,13-15H2,1H3. The van der Waals surface area contributed by atoms with Gasteiger partial charge in [0.05, 0.1) is 5.02 Å². The first-order valence-electron chi connectivity index (χ1n) is 9.86. The zero-order valence-electron chi connectivity index (χ0n) is 16.3. The highest BCUT2D eigenvalue weighted by molar-refractivity contribution is 7.98. The van der Waals surface area contributed by atoms with Crippen molar-refractivity contribution in [2.75, 3.05) is 13.1 Å². The smallest absolute Gasteiger partial charge is 0.253 e. The fourth-order valence-corrected chi connectivity index (χ4v) is 4.69. The molecule has 29 heavy (non-hydrogen) atoms. The van der Waals surface area contributed by atoms with Gasteiger partial charge in [-0.1, -0.05) is 47.6 Å². The van der Waals surface area contributed by atoms with Gasteiger partial charge >= 0.3 is 0 Å². The Morgan fingerprint density at radius 1 is 1.07 bits per heavy atom. The summed E-state index contributed by atoms with van der Waals surface area (Å²) in [6.45, 7) is 4.58. The second kappa shape index (κ2) is 9.01. The van der Waals surface area contributed by atoms with Gasteiger partial charge in [-0.05, 0) is 49.6 Å². The maximum Gasteiger partial charge on any atom is 0.253 e. The van der Waals surface area contributed by atoms with Crippen LogP contribution in [0.1, 0.15) is 35.7 Å². The Morgan fingerprint density at radius 2 is 1.79 bits per heavy atom. The van der Waals surface area contributed by atoms with Gasteiger partial charge in [0.2, 0.25) is 0 Å². The number of hydrogen-bond donors (Lipinski definition) is 0. The van der Waals surface area contributed by atoms with E-state index in [0.29, 0.717) is 5.02 Å². The first-order chi connectivity index (χ1) is 14.2. The normalized spacial score (nSPS) is 13.8. The van der Waals surface area contributed by atoms with Crippen LogP contribution in [0.3, 0.4) is 0 Å². The van der Waals surface area contributed by atoms with Crippen molar-refractivity contribution in [2.45, 2.75) is 37.2 Å². The summed E-state index contributed by atoms with van der Waals surface area (Å²) in [7, 11) is 0. The number of benzene rings is 2. The van der Waals surface area contributed by atoms with Gasteiger partial charge in [0, 0.05) is 36.5 Å². The maximum atomic E-state index is 12.5. The van der Waals surface area contributed by atoms with Crippen LogP contribution in [0.25, 0.3) is 11.4 Å². The van der Waals surface area contributed by atoms with Crippen LogP contribution in [0.4, 0.5) is 0 Å². The molecule has 0 radical (unpaired) electrons. The summed E-state index contributed by atoms with van der Waals surface area (Å²) in [5, 5.41) is 10.3. The van der Waals surface area contributed by atoms with Crippen molar-refractivity contribution in [2.24, 2.45) is 0 Å². The molecule has 5 nitrogen and oxygen atoms in total. The van der Waals surface area contributed by atoms with Crippen molar-refractivity contribution >= 4 is 29.3 Å². The number of amides is 1. The molecule has 2 heterocycles. The molecule has 0 spiro atoms. The van der Waals surface area contributed by atoms with Gasteiger partial charge in [-0.3, -0.25) is 4.79 Å². The second-order valence-electron chi connectivity index (χ2n) is 7.02. The topological polar surface area (TPSA) is 51.0 Å². The van der Waals surface area contributed by atoms with Crippen molar-refractivity contribution in [1.82, 2.24) is 19.7 Å². The number of rotatable bonds is 6. The summed E-state index contributed by atoms with van der Waals surface area (Å²) < 4.78 is 2.08. The number of carbonyl (C=O) groups is 1. The highest BCUT2D eigenvalue weighted by Gasteiger charge is 2.19. The molecule has 0 unspecified atom stereocenters. The van der Waals surface area contributed by atoms with E-state index >= 15 is 0 Å². The van der Waals surface area contributed by atoms with Crippen LogP contribution in [0, 0.1) is 0 Å². The Balaban J connectivity index is 1.45. The fraction of sp³-hybridized carbons (Fsp3) is 0.318. The zero-order valence-corrected chi connectivity index (χ0v) is 17.9. The molecule has 1 aliphatic heterocycles. The van der Waals surface area contributed by atoms with E-state index < -0.39 is 0 Å².